The molecule has 0 spiro atoms. The molecule has 4 aromatic carbocycles. The molecule has 0 N–H and O–H groups in total. The maximum Gasteiger partial charge on any atom is 0.146 e. The highest BCUT2D eigenvalue weighted by Crippen LogP contribution is 2.40. The summed E-state index contributed by atoms with van der Waals surface area (Å²) in [7, 11) is 0. The molecule has 1 aliphatic heterocycles. The Kier molecular flexibility index (Phi) is 7.56. The molecule has 6 heteroatoms. The second kappa shape index (κ2) is 11.7. The number of hydrogen-bond donors (Lipinski definition) is 0. The zero-order valence-corrected chi connectivity index (χ0v) is 22.4. The maximum absolute atomic E-state index is 13.6. The minimum Gasteiger partial charge on any atom is -0.354 e. The number of piperazine rings is 1. The van der Waals surface area contributed by atoms with E-state index in [0.29, 0.717) is 0 Å². The van der Waals surface area contributed by atoms with Gasteiger partial charge in [-0.3, -0.25) is 4.90 Å². The van der Waals surface area contributed by atoms with Crippen LogP contribution in [0.1, 0.15) is 11.1 Å². The Morgan fingerprint density at radius 3 is 2.00 bits per heavy atom. The van der Waals surface area contributed by atoms with E-state index in [1.165, 1.54) is 17.7 Å². The zero-order valence-electron chi connectivity index (χ0n) is 21.6. The summed E-state index contributed by atoms with van der Waals surface area (Å²) in [6, 6.07) is 37.7. The van der Waals surface area contributed by atoms with Crippen LogP contribution in [0.25, 0.3) is 21.8 Å². The van der Waals surface area contributed by atoms with Gasteiger partial charge in [0.25, 0.3) is 0 Å². The first-order valence-electron chi connectivity index (χ1n) is 13.2. The van der Waals surface area contributed by atoms with E-state index in [4.69, 9.17) is 9.98 Å². The topological polar surface area (TPSA) is 31.7 Å². The molecule has 1 aromatic heterocycles. The number of aliphatic imine (C=N–C) groups is 1. The third-order valence-electron chi connectivity index (χ3n) is 6.91. The fourth-order valence-corrected chi connectivity index (χ4v) is 5.81. The molecule has 0 saturated carbocycles. The summed E-state index contributed by atoms with van der Waals surface area (Å²) in [5.74, 6) is 0.705. The third kappa shape index (κ3) is 5.98. The lowest BCUT2D eigenvalue weighted by atomic mass is 10.1. The first-order valence-corrected chi connectivity index (χ1v) is 14.0. The highest BCUT2D eigenvalue weighted by Gasteiger charge is 2.23. The lowest BCUT2D eigenvalue weighted by molar-refractivity contribution is 0.176. The fourth-order valence-electron chi connectivity index (χ4n) is 4.85. The highest BCUT2D eigenvalue weighted by molar-refractivity contribution is 7.19. The molecule has 1 aliphatic rings. The molecule has 194 valence electrons. The van der Waals surface area contributed by atoms with Gasteiger partial charge in [0, 0.05) is 49.4 Å². The third-order valence-corrected chi connectivity index (χ3v) is 7.91. The Hall–Kier alpha value is -4.13. The first kappa shape index (κ1) is 25.2. The van der Waals surface area contributed by atoms with E-state index in [-0.39, 0.29) is 5.82 Å². The van der Waals surface area contributed by atoms with E-state index >= 15 is 0 Å². The van der Waals surface area contributed by atoms with Gasteiger partial charge in [-0.25, -0.2) is 14.4 Å². The van der Waals surface area contributed by atoms with E-state index in [1.807, 2.05) is 24.3 Å². The first-order chi connectivity index (χ1) is 19.2. The fraction of sp³-hybridized carbons (Fsp3) is 0.152. The van der Waals surface area contributed by atoms with Crippen molar-refractivity contribution in [2.45, 2.75) is 6.54 Å². The summed E-state index contributed by atoms with van der Waals surface area (Å²) < 4.78 is 13.6. The van der Waals surface area contributed by atoms with Crippen molar-refractivity contribution in [1.82, 2.24) is 14.8 Å². The summed E-state index contributed by atoms with van der Waals surface area (Å²) in [6.07, 6.45) is 0. The van der Waals surface area contributed by atoms with Gasteiger partial charge in [-0.2, -0.15) is 0 Å². The number of halogens is 1. The summed E-state index contributed by atoms with van der Waals surface area (Å²) in [5, 5.41) is 1.68. The second-order valence-corrected chi connectivity index (χ2v) is 10.6. The number of benzene rings is 4. The average Bonchev–Trinajstić information content (AvgIpc) is 3.42. The van der Waals surface area contributed by atoms with Crippen molar-refractivity contribution < 1.29 is 4.39 Å². The van der Waals surface area contributed by atoms with Gasteiger partial charge < -0.3 is 4.90 Å². The number of nitrogens with zero attached hydrogens (tertiary/aromatic N) is 4. The van der Waals surface area contributed by atoms with Crippen LogP contribution in [0.5, 0.6) is 0 Å². The predicted octanol–water partition coefficient (Wildman–Crippen LogP) is 7.51. The highest BCUT2D eigenvalue weighted by atomic mass is 32.1. The number of rotatable bonds is 6. The number of aromatic nitrogens is 1. The number of amidine groups is 1. The van der Waals surface area contributed by atoms with Crippen LogP contribution in [-0.2, 0) is 6.54 Å². The molecule has 0 atom stereocenters. The molecule has 0 bridgehead atoms. The van der Waals surface area contributed by atoms with Crippen molar-refractivity contribution in [3.05, 3.63) is 132 Å². The Balaban J connectivity index is 1.35. The summed E-state index contributed by atoms with van der Waals surface area (Å²) >= 11 is 1.54. The van der Waals surface area contributed by atoms with Gasteiger partial charge in [-0.1, -0.05) is 102 Å². The summed E-state index contributed by atoms with van der Waals surface area (Å²) in [6.45, 7) is 4.68. The van der Waals surface area contributed by atoms with E-state index in [1.54, 1.807) is 23.5 Å². The van der Waals surface area contributed by atoms with Crippen molar-refractivity contribution >= 4 is 22.2 Å². The smallest absolute Gasteiger partial charge is 0.146 e. The average molecular weight is 533 g/mol. The molecule has 1 fully saturated rings. The van der Waals surface area contributed by atoms with Crippen molar-refractivity contribution in [2.24, 2.45) is 4.99 Å². The van der Waals surface area contributed by atoms with E-state index < -0.39 is 0 Å². The molecular formula is C33H29FN4S. The Labute approximate surface area is 232 Å². The Morgan fingerprint density at radius 1 is 0.718 bits per heavy atom. The lowest BCUT2D eigenvalue weighted by Crippen LogP contribution is -2.48. The van der Waals surface area contributed by atoms with Gasteiger partial charge in [0.1, 0.15) is 27.4 Å². The Bertz CT molecular complexity index is 1530. The van der Waals surface area contributed by atoms with Crippen molar-refractivity contribution in [3.63, 3.8) is 0 Å². The van der Waals surface area contributed by atoms with Gasteiger partial charge in [-0.15, -0.1) is 0 Å². The van der Waals surface area contributed by atoms with Crippen LogP contribution in [0.3, 0.4) is 0 Å². The van der Waals surface area contributed by atoms with Gasteiger partial charge in [-0.05, 0) is 29.8 Å². The molecule has 0 amide bonds. The van der Waals surface area contributed by atoms with Crippen LogP contribution < -0.4 is 0 Å². The molecule has 39 heavy (non-hydrogen) atoms. The van der Waals surface area contributed by atoms with Gasteiger partial charge in [0.15, 0.2) is 0 Å². The maximum atomic E-state index is 13.6. The predicted molar refractivity (Wildman–Crippen MR) is 159 cm³/mol. The summed E-state index contributed by atoms with van der Waals surface area (Å²) in [4.78, 5) is 15.2. The minimum absolute atomic E-state index is 0.255. The SMILES string of the molecule is Fc1ccc(-c2nc(-c3ccccc3)c(N=C(c3ccccc3)N3CCN(Cc4ccccc4)CC3)s2)cc1. The molecule has 1 saturated heterocycles. The quantitative estimate of drug-likeness (QED) is 0.168. The van der Waals surface area contributed by atoms with Crippen LogP contribution in [0.4, 0.5) is 9.39 Å². The van der Waals surface area contributed by atoms with Crippen LogP contribution in [-0.4, -0.2) is 46.8 Å². The van der Waals surface area contributed by atoms with E-state index in [2.05, 4.69) is 76.5 Å². The van der Waals surface area contributed by atoms with E-state index in [9.17, 15) is 4.39 Å². The van der Waals surface area contributed by atoms with Crippen molar-refractivity contribution in [1.29, 1.82) is 0 Å². The molecule has 0 aliphatic carbocycles. The zero-order chi connectivity index (χ0) is 26.4. The van der Waals surface area contributed by atoms with Crippen molar-refractivity contribution in [2.75, 3.05) is 26.2 Å². The largest absolute Gasteiger partial charge is 0.354 e. The van der Waals surface area contributed by atoms with Crippen molar-refractivity contribution in [3.8, 4) is 21.8 Å². The number of hydrogen-bond acceptors (Lipinski definition) is 4. The van der Waals surface area contributed by atoms with Gasteiger partial charge in [0.05, 0.1) is 0 Å². The van der Waals surface area contributed by atoms with Crippen LogP contribution in [0, 0.1) is 5.82 Å². The molecular weight excluding hydrogens is 503 g/mol. The standard InChI is InChI=1S/C33H29FN4S/c34-29-18-16-28(17-19-29)32-35-30(26-12-6-2-7-13-26)33(39-32)36-31(27-14-8-3-9-15-27)38-22-20-37(21-23-38)24-25-10-4-1-5-11-25/h1-19H,20-24H2. The molecule has 4 nitrogen and oxygen atoms in total. The molecule has 6 rings (SSSR count). The molecule has 0 radical (unpaired) electrons. The minimum atomic E-state index is -0.255. The lowest BCUT2D eigenvalue weighted by Gasteiger charge is -2.36. The molecule has 2 heterocycles. The normalized spacial score (nSPS) is 14.5. The number of thiazole rings is 1. The van der Waals surface area contributed by atoms with Crippen LogP contribution in [0.15, 0.2) is 120 Å². The summed E-state index contributed by atoms with van der Waals surface area (Å²) in [5.41, 5.74) is 5.17. The Morgan fingerprint density at radius 2 is 1.33 bits per heavy atom. The molecule has 0 unspecified atom stereocenters. The van der Waals surface area contributed by atoms with Gasteiger partial charge >= 0.3 is 0 Å². The molecule has 5 aromatic rings. The monoisotopic (exact) mass is 532 g/mol. The van der Waals surface area contributed by atoms with Crippen LogP contribution >= 0.6 is 11.3 Å². The second-order valence-electron chi connectivity index (χ2n) is 9.60. The van der Waals surface area contributed by atoms with E-state index in [0.717, 1.165) is 71.0 Å². The van der Waals surface area contributed by atoms with Crippen LogP contribution in [0.2, 0.25) is 0 Å². The van der Waals surface area contributed by atoms with Gasteiger partial charge in [0.2, 0.25) is 0 Å².